The van der Waals surface area contributed by atoms with Crippen molar-refractivity contribution in [2.75, 3.05) is 19.2 Å². The predicted octanol–water partition coefficient (Wildman–Crippen LogP) is 3.64. The van der Waals surface area contributed by atoms with E-state index in [1.54, 1.807) is 43.5 Å². The highest BCUT2D eigenvalue weighted by Gasteiger charge is 2.18. The maximum Gasteiger partial charge on any atom is 0.272 e. The zero-order valence-corrected chi connectivity index (χ0v) is 18.8. The van der Waals surface area contributed by atoms with Crippen LogP contribution in [-0.2, 0) is 19.4 Å². The molecule has 3 aromatic rings. The molecule has 2 amide bonds. The van der Waals surface area contributed by atoms with Gasteiger partial charge in [-0.2, -0.15) is 0 Å². The van der Waals surface area contributed by atoms with Crippen molar-refractivity contribution in [3.63, 3.8) is 0 Å². The van der Waals surface area contributed by atoms with E-state index in [2.05, 4.69) is 5.32 Å². The molecule has 170 valence electrons. The fourth-order valence-corrected chi connectivity index (χ4v) is 4.04. The SMILES string of the molecule is COc1ccc(C(=O)NCc2cccc(C(=O)N(N)c3ccc4c(c3)CCC4)c2)cc1OC. The first kappa shape index (κ1) is 22.4. The Morgan fingerprint density at radius 2 is 1.70 bits per heavy atom. The Bertz CT molecular complexity index is 1190. The minimum Gasteiger partial charge on any atom is -0.493 e. The molecule has 0 aromatic heterocycles. The van der Waals surface area contributed by atoms with Gasteiger partial charge < -0.3 is 14.8 Å². The molecule has 0 fully saturated rings. The Labute approximate surface area is 193 Å². The Hall–Kier alpha value is -3.84. The van der Waals surface area contributed by atoms with E-state index < -0.39 is 0 Å². The summed E-state index contributed by atoms with van der Waals surface area (Å²) in [5.74, 6) is 6.62. The lowest BCUT2D eigenvalue weighted by atomic mass is 10.1. The Morgan fingerprint density at radius 3 is 2.48 bits per heavy atom. The van der Waals surface area contributed by atoms with Crippen LogP contribution >= 0.6 is 0 Å². The third kappa shape index (κ3) is 4.83. The number of nitrogens with two attached hydrogens (primary N) is 1. The number of fused-ring (bicyclic) bond motifs is 1. The fraction of sp³-hybridized carbons (Fsp3) is 0.231. The second-order valence-electron chi connectivity index (χ2n) is 7.93. The molecule has 3 aromatic carbocycles. The van der Waals surface area contributed by atoms with Crippen LogP contribution in [0.15, 0.2) is 60.7 Å². The number of hydrogen-bond acceptors (Lipinski definition) is 5. The molecule has 0 heterocycles. The average Bonchev–Trinajstić information content (AvgIpc) is 3.34. The minimum absolute atomic E-state index is 0.258. The van der Waals surface area contributed by atoms with Crippen molar-refractivity contribution in [1.82, 2.24) is 5.32 Å². The summed E-state index contributed by atoms with van der Waals surface area (Å²) in [5.41, 5.74) is 4.94. The van der Waals surface area contributed by atoms with Crippen LogP contribution in [0.2, 0.25) is 0 Å². The second kappa shape index (κ2) is 9.75. The highest BCUT2D eigenvalue weighted by atomic mass is 16.5. The summed E-state index contributed by atoms with van der Waals surface area (Å²) in [6.45, 7) is 0.262. The molecule has 1 aliphatic carbocycles. The molecule has 0 radical (unpaired) electrons. The van der Waals surface area contributed by atoms with E-state index in [0.29, 0.717) is 28.3 Å². The Morgan fingerprint density at radius 1 is 0.909 bits per heavy atom. The van der Waals surface area contributed by atoms with E-state index in [1.165, 1.54) is 23.2 Å². The van der Waals surface area contributed by atoms with Gasteiger partial charge in [-0.1, -0.05) is 18.2 Å². The Kier molecular flexibility index (Phi) is 6.60. The lowest BCUT2D eigenvalue weighted by molar-refractivity contribution is 0.0949. The summed E-state index contributed by atoms with van der Waals surface area (Å²) in [5, 5.41) is 4.05. The molecule has 4 rings (SSSR count). The van der Waals surface area contributed by atoms with Crippen molar-refractivity contribution in [2.24, 2.45) is 5.84 Å². The molecular weight excluding hydrogens is 418 g/mol. The molecule has 3 N–H and O–H groups in total. The van der Waals surface area contributed by atoms with Gasteiger partial charge in [0.2, 0.25) is 0 Å². The van der Waals surface area contributed by atoms with Gasteiger partial charge in [-0.25, -0.2) is 10.9 Å². The van der Waals surface area contributed by atoms with Crippen molar-refractivity contribution in [2.45, 2.75) is 25.8 Å². The summed E-state index contributed by atoms with van der Waals surface area (Å²) in [6, 6.07) is 18.0. The van der Waals surface area contributed by atoms with E-state index in [9.17, 15) is 9.59 Å². The van der Waals surface area contributed by atoms with Crippen LogP contribution in [0, 0.1) is 0 Å². The third-order valence-electron chi connectivity index (χ3n) is 5.85. The first-order chi connectivity index (χ1) is 16.0. The number of hydrogen-bond donors (Lipinski definition) is 2. The predicted molar refractivity (Wildman–Crippen MR) is 127 cm³/mol. The van der Waals surface area contributed by atoms with Crippen molar-refractivity contribution < 1.29 is 19.1 Å². The molecule has 0 saturated carbocycles. The molecule has 1 aliphatic rings. The number of ether oxygens (including phenoxy) is 2. The van der Waals surface area contributed by atoms with Crippen LogP contribution < -0.4 is 25.6 Å². The van der Waals surface area contributed by atoms with E-state index >= 15 is 0 Å². The summed E-state index contributed by atoms with van der Waals surface area (Å²) in [4.78, 5) is 25.6. The number of nitrogens with one attached hydrogen (secondary N) is 1. The standard InChI is InChI=1S/C26H27N3O4/c1-32-23-12-10-20(15-24(23)33-2)25(30)28-16-17-5-3-8-21(13-17)26(31)29(27)22-11-9-18-6-4-7-19(18)14-22/h3,5,8-15H,4,6-7,16,27H2,1-2H3,(H,28,30). The molecule has 0 atom stereocenters. The molecule has 0 spiro atoms. The summed E-state index contributed by atoms with van der Waals surface area (Å²) < 4.78 is 10.5. The molecule has 7 nitrogen and oxygen atoms in total. The summed E-state index contributed by atoms with van der Waals surface area (Å²) >= 11 is 0. The summed E-state index contributed by atoms with van der Waals surface area (Å²) in [6.07, 6.45) is 3.22. The van der Waals surface area contributed by atoms with Gasteiger partial charge in [0.05, 0.1) is 19.9 Å². The maximum atomic E-state index is 13.0. The van der Waals surface area contributed by atoms with Crippen LogP contribution in [0.25, 0.3) is 0 Å². The van der Waals surface area contributed by atoms with E-state index in [0.717, 1.165) is 24.8 Å². The maximum absolute atomic E-state index is 13.0. The van der Waals surface area contributed by atoms with Crippen LogP contribution in [0.1, 0.15) is 43.8 Å². The first-order valence-electron chi connectivity index (χ1n) is 10.8. The van der Waals surface area contributed by atoms with Gasteiger partial charge in [-0.15, -0.1) is 0 Å². The molecular formula is C26H27N3O4. The van der Waals surface area contributed by atoms with E-state index in [1.807, 2.05) is 24.3 Å². The normalized spacial score (nSPS) is 12.1. The van der Waals surface area contributed by atoms with Crippen molar-refractivity contribution >= 4 is 17.5 Å². The zero-order valence-electron chi connectivity index (χ0n) is 18.8. The van der Waals surface area contributed by atoms with Gasteiger partial charge in [-0.05, 0) is 78.4 Å². The number of aryl methyl sites for hydroxylation is 2. The van der Waals surface area contributed by atoms with Crippen molar-refractivity contribution in [3.8, 4) is 11.5 Å². The molecule has 0 unspecified atom stereocenters. The molecule has 33 heavy (non-hydrogen) atoms. The molecule has 7 heteroatoms. The first-order valence-corrected chi connectivity index (χ1v) is 10.8. The van der Waals surface area contributed by atoms with Gasteiger partial charge >= 0.3 is 0 Å². The van der Waals surface area contributed by atoms with Crippen LogP contribution in [0.5, 0.6) is 11.5 Å². The number of carbonyl (C=O) groups is 2. The molecule has 0 saturated heterocycles. The summed E-state index contributed by atoms with van der Waals surface area (Å²) in [7, 11) is 3.06. The quantitative estimate of drug-likeness (QED) is 0.329. The van der Waals surface area contributed by atoms with E-state index in [4.69, 9.17) is 15.3 Å². The fourth-order valence-electron chi connectivity index (χ4n) is 4.04. The van der Waals surface area contributed by atoms with Crippen LogP contribution in [0.4, 0.5) is 5.69 Å². The highest BCUT2D eigenvalue weighted by Crippen LogP contribution is 2.28. The smallest absolute Gasteiger partial charge is 0.272 e. The zero-order chi connectivity index (χ0) is 23.4. The van der Waals surface area contributed by atoms with Gasteiger partial charge in [0, 0.05) is 17.7 Å². The number of carbonyl (C=O) groups excluding carboxylic acids is 2. The number of benzene rings is 3. The molecule has 0 aliphatic heterocycles. The number of rotatable bonds is 7. The lowest BCUT2D eigenvalue weighted by Gasteiger charge is -2.18. The number of anilines is 1. The van der Waals surface area contributed by atoms with Gasteiger partial charge in [0.1, 0.15) is 0 Å². The number of methoxy groups -OCH3 is 2. The molecule has 0 bridgehead atoms. The Balaban J connectivity index is 1.43. The van der Waals surface area contributed by atoms with Crippen molar-refractivity contribution in [3.05, 3.63) is 88.5 Å². The number of amides is 2. The van der Waals surface area contributed by atoms with Gasteiger partial charge in [-0.3, -0.25) is 9.59 Å². The number of nitrogens with zero attached hydrogens (tertiary/aromatic N) is 1. The van der Waals surface area contributed by atoms with Crippen LogP contribution in [-0.4, -0.2) is 26.0 Å². The minimum atomic E-state index is -0.305. The lowest BCUT2D eigenvalue weighted by Crippen LogP contribution is -2.37. The second-order valence-corrected chi connectivity index (χ2v) is 7.93. The highest BCUT2D eigenvalue weighted by molar-refractivity contribution is 6.05. The average molecular weight is 446 g/mol. The van der Waals surface area contributed by atoms with Gasteiger partial charge in [0.15, 0.2) is 11.5 Å². The van der Waals surface area contributed by atoms with Crippen molar-refractivity contribution in [1.29, 1.82) is 0 Å². The van der Waals surface area contributed by atoms with E-state index in [-0.39, 0.29) is 18.4 Å². The van der Waals surface area contributed by atoms with Gasteiger partial charge in [0.25, 0.3) is 11.8 Å². The number of hydrazine groups is 1. The largest absolute Gasteiger partial charge is 0.493 e. The monoisotopic (exact) mass is 445 g/mol. The third-order valence-corrected chi connectivity index (χ3v) is 5.85. The van der Waals surface area contributed by atoms with Crippen LogP contribution in [0.3, 0.4) is 0 Å². The topological polar surface area (TPSA) is 93.9 Å².